The van der Waals surface area contributed by atoms with Crippen LogP contribution in [-0.4, -0.2) is 40.0 Å². The summed E-state index contributed by atoms with van der Waals surface area (Å²) in [5.74, 6) is -1.96. The molecular formula is C12H16FNO4. The molecule has 0 aromatic heterocycles. The van der Waals surface area contributed by atoms with Gasteiger partial charge in [-0.25, -0.2) is 9.18 Å². The minimum atomic E-state index is -1.22. The SMILES string of the molecule is CCC(CO)(CO)Nc1ccc(C(=O)O)cc1F. The van der Waals surface area contributed by atoms with Crippen LogP contribution in [0.25, 0.3) is 0 Å². The van der Waals surface area contributed by atoms with Gasteiger partial charge in [-0.15, -0.1) is 0 Å². The van der Waals surface area contributed by atoms with E-state index in [1.54, 1.807) is 6.92 Å². The van der Waals surface area contributed by atoms with Crippen LogP contribution in [0.4, 0.5) is 10.1 Å². The minimum Gasteiger partial charge on any atom is -0.478 e. The second kappa shape index (κ2) is 5.79. The lowest BCUT2D eigenvalue weighted by Crippen LogP contribution is -2.45. The van der Waals surface area contributed by atoms with E-state index in [9.17, 15) is 19.4 Å². The molecule has 0 spiro atoms. The lowest BCUT2D eigenvalue weighted by Gasteiger charge is -2.31. The van der Waals surface area contributed by atoms with Crippen molar-refractivity contribution in [3.05, 3.63) is 29.6 Å². The number of carbonyl (C=O) groups is 1. The fourth-order valence-corrected chi connectivity index (χ4v) is 1.48. The van der Waals surface area contributed by atoms with Gasteiger partial charge in [0.2, 0.25) is 0 Å². The summed E-state index contributed by atoms with van der Waals surface area (Å²) in [4.78, 5) is 10.7. The molecule has 0 aliphatic rings. The molecule has 0 amide bonds. The summed E-state index contributed by atoms with van der Waals surface area (Å²) in [6.45, 7) is 1.02. The van der Waals surface area contributed by atoms with Gasteiger partial charge in [0.15, 0.2) is 0 Å². The Hall–Kier alpha value is -1.66. The lowest BCUT2D eigenvalue weighted by atomic mass is 9.97. The molecule has 1 aromatic carbocycles. The molecule has 18 heavy (non-hydrogen) atoms. The van der Waals surface area contributed by atoms with Crippen molar-refractivity contribution in [2.24, 2.45) is 0 Å². The number of anilines is 1. The first-order chi connectivity index (χ1) is 8.48. The van der Waals surface area contributed by atoms with Crippen LogP contribution < -0.4 is 5.32 Å². The molecule has 100 valence electrons. The van der Waals surface area contributed by atoms with Gasteiger partial charge in [-0.3, -0.25) is 0 Å². The van der Waals surface area contributed by atoms with Crippen LogP contribution in [0.5, 0.6) is 0 Å². The van der Waals surface area contributed by atoms with Crippen molar-refractivity contribution in [1.29, 1.82) is 0 Å². The zero-order valence-corrected chi connectivity index (χ0v) is 9.98. The number of hydrogen-bond donors (Lipinski definition) is 4. The highest BCUT2D eigenvalue weighted by Crippen LogP contribution is 2.22. The molecule has 0 aliphatic carbocycles. The molecule has 0 atom stereocenters. The van der Waals surface area contributed by atoms with E-state index < -0.39 is 17.3 Å². The Morgan fingerprint density at radius 2 is 2.00 bits per heavy atom. The standard InChI is InChI=1S/C12H16FNO4/c1-2-12(6-15,7-16)14-10-4-3-8(11(17)18)5-9(10)13/h3-5,14-16H,2,6-7H2,1H3,(H,17,18). The van der Waals surface area contributed by atoms with E-state index in [1.807, 2.05) is 0 Å². The number of aromatic carboxylic acids is 1. The average Bonchev–Trinajstić information content (AvgIpc) is 2.38. The summed E-state index contributed by atoms with van der Waals surface area (Å²) in [7, 11) is 0. The Kier molecular flexibility index (Phi) is 4.63. The number of halogens is 1. The van der Waals surface area contributed by atoms with Gasteiger partial charge in [0.25, 0.3) is 0 Å². The zero-order valence-electron chi connectivity index (χ0n) is 9.98. The number of benzene rings is 1. The Morgan fingerprint density at radius 1 is 1.39 bits per heavy atom. The largest absolute Gasteiger partial charge is 0.478 e. The van der Waals surface area contributed by atoms with Crippen molar-refractivity contribution < 1.29 is 24.5 Å². The summed E-state index contributed by atoms with van der Waals surface area (Å²) in [5.41, 5.74) is -1.14. The van der Waals surface area contributed by atoms with E-state index in [-0.39, 0.29) is 24.5 Å². The van der Waals surface area contributed by atoms with E-state index in [2.05, 4.69) is 5.32 Å². The Morgan fingerprint density at radius 3 is 2.39 bits per heavy atom. The van der Waals surface area contributed by atoms with E-state index >= 15 is 0 Å². The molecule has 0 bridgehead atoms. The molecule has 1 rings (SSSR count). The number of carboxylic acids is 1. The minimum absolute atomic E-state index is 0.0463. The van der Waals surface area contributed by atoms with Gasteiger partial charge >= 0.3 is 5.97 Å². The highest BCUT2D eigenvalue weighted by molar-refractivity contribution is 5.88. The van der Waals surface area contributed by atoms with Gasteiger partial charge < -0.3 is 20.6 Å². The fourth-order valence-electron chi connectivity index (χ4n) is 1.48. The van der Waals surface area contributed by atoms with Crippen LogP contribution in [0.1, 0.15) is 23.7 Å². The third-order valence-corrected chi connectivity index (χ3v) is 2.90. The third kappa shape index (κ3) is 2.96. The highest BCUT2D eigenvalue weighted by atomic mass is 19.1. The Bertz CT molecular complexity index is 424. The quantitative estimate of drug-likeness (QED) is 0.612. The van der Waals surface area contributed by atoms with Crippen LogP contribution in [0, 0.1) is 5.82 Å². The number of aliphatic hydroxyl groups is 2. The number of nitrogens with one attached hydrogen (secondary N) is 1. The topological polar surface area (TPSA) is 89.8 Å². The second-order valence-electron chi connectivity index (χ2n) is 4.07. The first kappa shape index (κ1) is 14.4. The molecule has 0 saturated carbocycles. The number of carboxylic acid groups (broad SMARTS) is 1. The maximum absolute atomic E-state index is 13.7. The predicted molar refractivity (Wildman–Crippen MR) is 64.2 cm³/mol. The van der Waals surface area contributed by atoms with Crippen molar-refractivity contribution in [1.82, 2.24) is 0 Å². The third-order valence-electron chi connectivity index (χ3n) is 2.90. The van der Waals surface area contributed by atoms with Gasteiger partial charge in [0, 0.05) is 0 Å². The van der Waals surface area contributed by atoms with Crippen molar-refractivity contribution in [3.8, 4) is 0 Å². The Labute approximate surface area is 104 Å². The molecule has 0 fully saturated rings. The van der Waals surface area contributed by atoms with Crippen molar-refractivity contribution in [2.45, 2.75) is 18.9 Å². The zero-order chi connectivity index (χ0) is 13.8. The normalized spacial score (nSPS) is 11.3. The van der Waals surface area contributed by atoms with Crippen molar-refractivity contribution >= 4 is 11.7 Å². The van der Waals surface area contributed by atoms with Gasteiger partial charge in [-0.05, 0) is 24.6 Å². The molecule has 0 radical (unpaired) electrons. The second-order valence-corrected chi connectivity index (χ2v) is 4.07. The molecule has 0 saturated heterocycles. The fraction of sp³-hybridized carbons (Fsp3) is 0.417. The molecule has 6 heteroatoms. The molecule has 5 nitrogen and oxygen atoms in total. The van der Waals surface area contributed by atoms with Crippen molar-refractivity contribution in [2.75, 3.05) is 18.5 Å². The maximum atomic E-state index is 13.7. The highest BCUT2D eigenvalue weighted by Gasteiger charge is 2.27. The van der Waals surface area contributed by atoms with Gasteiger partial charge in [-0.1, -0.05) is 6.92 Å². The van der Waals surface area contributed by atoms with Gasteiger partial charge in [0.05, 0.1) is 30.0 Å². The summed E-state index contributed by atoms with van der Waals surface area (Å²) in [6, 6.07) is 3.41. The lowest BCUT2D eigenvalue weighted by molar-refractivity contribution is 0.0696. The average molecular weight is 257 g/mol. The molecule has 0 heterocycles. The molecular weight excluding hydrogens is 241 g/mol. The van der Waals surface area contributed by atoms with Gasteiger partial charge in [-0.2, -0.15) is 0 Å². The van der Waals surface area contributed by atoms with E-state index in [4.69, 9.17) is 5.11 Å². The van der Waals surface area contributed by atoms with Crippen molar-refractivity contribution in [3.63, 3.8) is 0 Å². The number of rotatable bonds is 6. The van der Waals surface area contributed by atoms with Crippen LogP contribution >= 0.6 is 0 Å². The van der Waals surface area contributed by atoms with Crippen LogP contribution in [0.15, 0.2) is 18.2 Å². The van der Waals surface area contributed by atoms with Gasteiger partial charge in [0.1, 0.15) is 5.82 Å². The van der Waals surface area contributed by atoms with Crippen LogP contribution in [0.3, 0.4) is 0 Å². The Balaban J connectivity index is 3.01. The summed E-state index contributed by atoms with van der Waals surface area (Å²) >= 11 is 0. The van der Waals surface area contributed by atoms with E-state index in [0.717, 1.165) is 6.07 Å². The molecule has 1 aromatic rings. The maximum Gasteiger partial charge on any atom is 0.335 e. The molecule has 4 N–H and O–H groups in total. The monoisotopic (exact) mass is 257 g/mol. The van der Waals surface area contributed by atoms with Crippen LogP contribution in [0.2, 0.25) is 0 Å². The first-order valence-corrected chi connectivity index (χ1v) is 5.50. The van der Waals surface area contributed by atoms with Crippen LogP contribution in [-0.2, 0) is 0 Å². The molecule has 0 aliphatic heterocycles. The number of aliphatic hydroxyl groups excluding tert-OH is 2. The van der Waals surface area contributed by atoms with E-state index in [0.29, 0.717) is 6.42 Å². The predicted octanol–water partition coefficient (Wildman–Crippen LogP) is 1.07. The first-order valence-electron chi connectivity index (χ1n) is 5.50. The number of hydrogen-bond acceptors (Lipinski definition) is 4. The van der Waals surface area contributed by atoms with E-state index in [1.165, 1.54) is 12.1 Å². The smallest absolute Gasteiger partial charge is 0.335 e. The molecule has 0 unspecified atom stereocenters. The summed E-state index contributed by atoms with van der Waals surface area (Å²) in [6.07, 6.45) is 0.389. The summed E-state index contributed by atoms with van der Waals surface area (Å²) in [5, 5.41) is 29.9. The summed E-state index contributed by atoms with van der Waals surface area (Å²) < 4.78 is 13.7.